The number of aliphatic hydroxyl groups is 1. The van der Waals surface area contributed by atoms with E-state index in [9.17, 15) is 24.6 Å². The van der Waals surface area contributed by atoms with Gasteiger partial charge in [0.25, 0.3) is 0 Å². The summed E-state index contributed by atoms with van der Waals surface area (Å²) < 4.78 is 5.23. The highest BCUT2D eigenvalue weighted by Gasteiger charge is 2.37. The molecule has 0 bridgehead atoms. The second-order valence-electron chi connectivity index (χ2n) is 10.5. The maximum Gasteiger partial charge on any atom is 0.408 e. The highest BCUT2D eigenvalue weighted by Crippen LogP contribution is 2.28. The fourth-order valence-corrected chi connectivity index (χ4v) is 3.29. The smallest absolute Gasteiger partial charge is 0.408 e. The molecule has 9 nitrogen and oxygen atoms in total. The number of amides is 3. The molecule has 0 aliphatic rings. The van der Waals surface area contributed by atoms with Gasteiger partial charge >= 0.3 is 6.09 Å². The molecule has 0 fully saturated rings. The van der Waals surface area contributed by atoms with Gasteiger partial charge in [-0.25, -0.2) is 4.79 Å². The number of nitrogens with one attached hydrogen (secondary N) is 2. The molecule has 0 heterocycles. The molecule has 3 amide bonds. The van der Waals surface area contributed by atoms with Crippen molar-refractivity contribution in [3.63, 3.8) is 0 Å². The summed E-state index contributed by atoms with van der Waals surface area (Å²) in [6, 6.07) is 2.40. The molecule has 192 valence electrons. The summed E-state index contributed by atoms with van der Waals surface area (Å²) in [6.07, 6.45) is 0.522. The highest BCUT2D eigenvalue weighted by molar-refractivity contribution is 5.92. The number of phenolic OH excluding ortho intramolecular Hbond substituents is 1. The van der Waals surface area contributed by atoms with Gasteiger partial charge in [0, 0.05) is 12.1 Å². The minimum absolute atomic E-state index is 0.0741. The number of aromatic hydroxyl groups is 1. The van der Waals surface area contributed by atoms with E-state index in [-0.39, 0.29) is 12.3 Å². The maximum absolute atomic E-state index is 13.6. The molecule has 0 radical (unpaired) electrons. The third-order valence-electron chi connectivity index (χ3n) is 4.80. The molecule has 2 unspecified atom stereocenters. The predicted octanol–water partition coefficient (Wildman–Crippen LogP) is 3.17. The Morgan fingerprint density at radius 2 is 1.74 bits per heavy atom. The number of hydrogen-bond donors (Lipinski definition) is 4. The third-order valence-corrected chi connectivity index (χ3v) is 4.80. The molecule has 4 N–H and O–H groups in total. The molecule has 34 heavy (non-hydrogen) atoms. The van der Waals surface area contributed by atoms with Crippen molar-refractivity contribution in [2.24, 2.45) is 0 Å². The van der Waals surface area contributed by atoms with E-state index in [1.54, 1.807) is 39.8 Å². The molecule has 1 aromatic rings. The second-order valence-corrected chi connectivity index (χ2v) is 10.5. The number of nitrogens with zero attached hydrogens (tertiary/aromatic N) is 1. The average Bonchev–Trinajstić information content (AvgIpc) is 2.68. The molecule has 0 aliphatic carbocycles. The van der Waals surface area contributed by atoms with E-state index >= 15 is 0 Å². The molecule has 0 aliphatic heterocycles. The number of rotatable bonds is 9. The highest BCUT2D eigenvalue weighted by atomic mass is 16.6. The zero-order chi connectivity index (χ0) is 26.3. The van der Waals surface area contributed by atoms with E-state index < -0.39 is 47.7 Å². The standard InChI is InChI=1S/C25H41N3O6/c1-9-10-13-28(22(32)18(15-29)26-23(33)34-25(6,7)8)20(21(31)27-24(3,4)5)17-11-12-19(30)16(2)14-17/h11-12,14,18,20,29-30H,9-10,13,15H2,1-8H3,(H,26,33)(H,27,31). The van der Waals surface area contributed by atoms with Crippen LogP contribution < -0.4 is 10.6 Å². The van der Waals surface area contributed by atoms with Gasteiger partial charge in [0.05, 0.1) is 6.61 Å². The summed E-state index contributed by atoms with van der Waals surface area (Å²) in [6.45, 7) is 13.8. The number of aliphatic hydroxyl groups excluding tert-OH is 1. The number of aryl methyl sites for hydroxylation is 1. The number of unbranched alkanes of at least 4 members (excludes halogenated alkanes) is 1. The van der Waals surface area contributed by atoms with E-state index in [1.165, 1.54) is 11.0 Å². The quantitative estimate of drug-likeness (QED) is 0.431. The molecule has 0 saturated heterocycles. The van der Waals surface area contributed by atoms with Crippen LogP contribution in [0.1, 0.15) is 78.5 Å². The number of hydrogen-bond acceptors (Lipinski definition) is 6. The maximum atomic E-state index is 13.6. The molecular weight excluding hydrogens is 438 g/mol. The molecule has 1 aromatic carbocycles. The van der Waals surface area contributed by atoms with E-state index in [0.717, 1.165) is 6.42 Å². The van der Waals surface area contributed by atoms with Gasteiger partial charge in [-0.05, 0) is 78.1 Å². The van der Waals surface area contributed by atoms with Crippen LogP contribution in [0.4, 0.5) is 4.79 Å². The van der Waals surface area contributed by atoms with E-state index in [1.807, 2.05) is 27.7 Å². The van der Waals surface area contributed by atoms with Gasteiger partial charge in [0.15, 0.2) is 0 Å². The lowest BCUT2D eigenvalue weighted by molar-refractivity contribution is -0.143. The molecule has 0 spiro atoms. The first kappa shape index (κ1) is 29.2. The SMILES string of the molecule is CCCCN(C(=O)C(CO)NC(=O)OC(C)(C)C)C(C(=O)NC(C)(C)C)c1ccc(O)c(C)c1. The Kier molecular flexibility index (Phi) is 10.4. The van der Waals surface area contributed by atoms with Crippen LogP contribution in [-0.2, 0) is 14.3 Å². The Morgan fingerprint density at radius 1 is 1.12 bits per heavy atom. The first-order chi connectivity index (χ1) is 15.6. The number of carbonyl (C=O) groups excluding carboxylic acids is 3. The molecule has 2 atom stereocenters. The lowest BCUT2D eigenvalue weighted by Crippen LogP contribution is -2.55. The van der Waals surface area contributed by atoms with Gasteiger partial charge in [0.1, 0.15) is 23.4 Å². The average molecular weight is 480 g/mol. The normalized spacial score (nSPS) is 13.6. The van der Waals surface area contributed by atoms with E-state index in [4.69, 9.17) is 4.74 Å². The molecule has 0 aromatic heterocycles. The first-order valence-corrected chi connectivity index (χ1v) is 11.6. The topological polar surface area (TPSA) is 128 Å². The van der Waals surface area contributed by atoms with Crippen molar-refractivity contribution in [3.05, 3.63) is 29.3 Å². The van der Waals surface area contributed by atoms with Crippen LogP contribution in [0.2, 0.25) is 0 Å². The van der Waals surface area contributed by atoms with E-state index in [0.29, 0.717) is 17.5 Å². The number of carbonyl (C=O) groups is 3. The lowest BCUT2D eigenvalue weighted by atomic mass is 9.98. The minimum Gasteiger partial charge on any atom is -0.508 e. The zero-order valence-corrected chi connectivity index (χ0v) is 21.7. The molecule has 0 saturated carbocycles. The number of phenols is 1. The van der Waals surface area contributed by atoms with Gasteiger partial charge in [-0.1, -0.05) is 19.4 Å². The van der Waals surface area contributed by atoms with Crippen LogP contribution in [0, 0.1) is 6.92 Å². The Morgan fingerprint density at radius 3 is 2.21 bits per heavy atom. The van der Waals surface area contributed by atoms with Crippen molar-refractivity contribution in [3.8, 4) is 5.75 Å². The van der Waals surface area contributed by atoms with Gasteiger partial charge in [-0.2, -0.15) is 0 Å². The van der Waals surface area contributed by atoms with Gasteiger partial charge < -0.3 is 30.5 Å². The molecular formula is C25H41N3O6. The van der Waals surface area contributed by atoms with Crippen LogP contribution in [0.25, 0.3) is 0 Å². The summed E-state index contributed by atoms with van der Waals surface area (Å²) in [5, 5.41) is 25.2. The van der Waals surface area contributed by atoms with Crippen LogP contribution >= 0.6 is 0 Å². The number of alkyl carbamates (subject to hydrolysis) is 1. The first-order valence-electron chi connectivity index (χ1n) is 11.6. The third kappa shape index (κ3) is 9.21. The van der Waals surface area contributed by atoms with Crippen LogP contribution in [0.15, 0.2) is 18.2 Å². The lowest BCUT2D eigenvalue weighted by Gasteiger charge is -2.35. The fraction of sp³-hybridized carbons (Fsp3) is 0.640. The summed E-state index contributed by atoms with van der Waals surface area (Å²) in [4.78, 5) is 40.7. The van der Waals surface area contributed by atoms with Gasteiger partial charge in [0.2, 0.25) is 11.8 Å². The predicted molar refractivity (Wildman–Crippen MR) is 130 cm³/mol. The minimum atomic E-state index is -1.30. The van der Waals surface area contributed by atoms with Crippen molar-refractivity contribution in [1.82, 2.24) is 15.5 Å². The van der Waals surface area contributed by atoms with E-state index in [2.05, 4.69) is 10.6 Å². The Bertz CT molecular complexity index is 857. The number of ether oxygens (including phenoxy) is 1. The summed E-state index contributed by atoms with van der Waals surface area (Å²) in [5.74, 6) is -0.942. The molecule has 9 heteroatoms. The van der Waals surface area contributed by atoms with Gasteiger partial charge in [-0.3, -0.25) is 9.59 Å². The van der Waals surface area contributed by atoms with Crippen molar-refractivity contribution < 1.29 is 29.3 Å². The van der Waals surface area contributed by atoms with Crippen molar-refractivity contribution in [2.75, 3.05) is 13.2 Å². The summed E-state index contributed by atoms with van der Waals surface area (Å²) >= 11 is 0. The van der Waals surface area contributed by atoms with Crippen molar-refractivity contribution >= 4 is 17.9 Å². The second kappa shape index (κ2) is 12.1. The van der Waals surface area contributed by atoms with Crippen LogP contribution in [0.3, 0.4) is 0 Å². The monoisotopic (exact) mass is 479 g/mol. The Balaban J connectivity index is 3.45. The largest absolute Gasteiger partial charge is 0.508 e. The summed E-state index contributed by atoms with van der Waals surface area (Å²) in [7, 11) is 0. The Hall–Kier alpha value is -2.81. The van der Waals surface area contributed by atoms with Crippen LogP contribution in [-0.4, -0.2) is 63.4 Å². The van der Waals surface area contributed by atoms with Crippen LogP contribution in [0.5, 0.6) is 5.75 Å². The number of benzene rings is 1. The van der Waals surface area contributed by atoms with Gasteiger partial charge in [-0.15, -0.1) is 0 Å². The molecule has 1 rings (SSSR count). The van der Waals surface area contributed by atoms with Crippen molar-refractivity contribution in [2.45, 2.75) is 91.5 Å². The van der Waals surface area contributed by atoms with Crippen molar-refractivity contribution in [1.29, 1.82) is 0 Å². The zero-order valence-electron chi connectivity index (χ0n) is 21.7. The summed E-state index contributed by atoms with van der Waals surface area (Å²) in [5.41, 5.74) is -0.283. The fourth-order valence-electron chi connectivity index (χ4n) is 3.29. The Labute approximate surface area is 202 Å².